The number of rotatable bonds is 3. The van der Waals surface area contributed by atoms with E-state index in [1.54, 1.807) is 18.2 Å². The molecule has 0 saturated carbocycles. The van der Waals surface area contributed by atoms with Gasteiger partial charge in [0.05, 0.1) is 26.5 Å². The molecule has 0 spiro atoms. The Hall–Kier alpha value is -2.77. The number of benzene rings is 2. The van der Waals surface area contributed by atoms with Crippen molar-refractivity contribution in [2.75, 3.05) is 11.1 Å². The molecule has 0 unspecified atom stereocenters. The first-order valence-electron chi connectivity index (χ1n) is 7.13. The number of aromatic nitrogens is 2. The number of hydrogen-bond acceptors (Lipinski definition) is 4. The number of nitrogens with zero attached hydrogens (tertiary/aromatic N) is 1. The van der Waals surface area contributed by atoms with E-state index in [4.69, 9.17) is 28.9 Å². The van der Waals surface area contributed by atoms with Crippen molar-refractivity contribution in [3.8, 4) is 0 Å². The van der Waals surface area contributed by atoms with Crippen LogP contribution in [0.15, 0.2) is 46.0 Å². The Morgan fingerprint density at radius 3 is 2.36 bits per heavy atom. The summed E-state index contributed by atoms with van der Waals surface area (Å²) in [6, 6.07) is 9.24. The minimum Gasteiger partial charge on any atom is -0.396 e. The van der Waals surface area contributed by atoms with Crippen LogP contribution < -0.4 is 22.2 Å². The van der Waals surface area contributed by atoms with Crippen LogP contribution in [0, 0.1) is 0 Å². The molecule has 0 radical (unpaired) electrons. The molecule has 0 aliphatic rings. The number of amides is 1. The zero-order chi connectivity index (χ0) is 18.1. The number of fused-ring (bicyclic) bond motifs is 1. The summed E-state index contributed by atoms with van der Waals surface area (Å²) in [7, 11) is 0. The molecule has 0 fully saturated rings. The summed E-state index contributed by atoms with van der Waals surface area (Å²) < 4.78 is 0.945. The lowest BCUT2D eigenvalue weighted by atomic mass is 10.2. The van der Waals surface area contributed by atoms with Gasteiger partial charge in [0.15, 0.2) is 0 Å². The maximum Gasteiger partial charge on any atom is 0.273 e. The standard InChI is InChI=1S/C16H12Cl2N4O3/c17-11-5-8(6-12(18)14(11)19)20-13(23)7-22-16(25)10-4-2-1-3-9(10)15(24)21-22/h1-6H,7,19H2,(H,20,23)(H,21,24). The topological polar surface area (TPSA) is 110 Å². The molecule has 0 bridgehead atoms. The van der Waals surface area contributed by atoms with Gasteiger partial charge in [-0.2, -0.15) is 0 Å². The Morgan fingerprint density at radius 2 is 1.72 bits per heavy atom. The van der Waals surface area contributed by atoms with Crippen LogP contribution in [0.5, 0.6) is 0 Å². The van der Waals surface area contributed by atoms with E-state index in [1.165, 1.54) is 18.2 Å². The number of carbonyl (C=O) groups is 1. The number of hydrogen-bond donors (Lipinski definition) is 3. The molecule has 3 rings (SSSR count). The van der Waals surface area contributed by atoms with Gasteiger partial charge in [-0.05, 0) is 24.3 Å². The second kappa shape index (κ2) is 6.62. The summed E-state index contributed by atoms with van der Waals surface area (Å²) in [5.41, 5.74) is 5.23. The molecule has 9 heteroatoms. The van der Waals surface area contributed by atoms with E-state index >= 15 is 0 Å². The van der Waals surface area contributed by atoms with Crippen LogP contribution in [0.2, 0.25) is 10.0 Å². The molecule has 1 heterocycles. The summed E-state index contributed by atoms with van der Waals surface area (Å²) in [6.45, 7) is -0.376. The highest BCUT2D eigenvalue weighted by Gasteiger charge is 2.12. The first-order valence-corrected chi connectivity index (χ1v) is 7.88. The van der Waals surface area contributed by atoms with Crippen molar-refractivity contribution in [2.45, 2.75) is 6.54 Å². The van der Waals surface area contributed by atoms with Crippen LogP contribution in [-0.4, -0.2) is 15.7 Å². The molecule has 3 aromatic rings. The average molecular weight is 379 g/mol. The molecule has 7 nitrogen and oxygen atoms in total. The number of nitrogens with one attached hydrogen (secondary N) is 2. The fraction of sp³-hybridized carbons (Fsp3) is 0.0625. The van der Waals surface area contributed by atoms with Gasteiger partial charge in [0.1, 0.15) is 6.54 Å². The number of nitrogens with two attached hydrogens (primary N) is 1. The Labute approximate surface area is 150 Å². The van der Waals surface area contributed by atoms with Crippen molar-refractivity contribution in [3.63, 3.8) is 0 Å². The van der Waals surface area contributed by atoms with Crippen molar-refractivity contribution in [1.29, 1.82) is 0 Å². The van der Waals surface area contributed by atoms with Crippen LogP contribution >= 0.6 is 23.2 Å². The van der Waals surface area contributed by atoms with Gasteiger partial charge in [0.2, 0.25) is 5.91 Å². The Kier molecular flexibility index (Phi) is 4.52. The van der Waals surface area contributed by atoms with Crippen LogP contribution in [0.4, 0.5) is 11.4 Å². The van der Waals surface area contributed by atoms with Crippen LogP contribution in [-0.2, 0) is 11.3 Å². The number of carbonyl (C=O) groups excluding carboxylic acids is 1. The predicted octanol–water partition coefficient (Wildman–Crippen LogP) is 2.22. The van der Waals surface area contributed by atoms with Crippen LogP contribution in [0.25, 0.3) is 10.8 Å². The van der Waals surface area contributed by atoms with Gasteiger partial charge in [-0.25, -0.2) is 4.68 Å². The highest BCUT2D eigenvalue weighted by atomic mass is 35.5. The molecule has 25 heavy (non-hydrogen) atoms. The summed E-state index contributed by atoms with van der Waals surface area (Å²) in [5, 5.41) is 5.82. The lowest BCUT2D eigenvalue weighted by Gasteiger charge is -2.10. The van der Waals surface area contributed by atoms with Crippen molar-refractivity contribution >= 4 is 51.3 Å². The zero-order valence-corrected chi connectivity index (χ0v) is 14.2. The summed E-state index contributed by atoms with van der Waals surface area (Å²) >= 11 is 11.8. The summed E-state index contributed by atoms with van der Waals surface area (Å²) in [5.74, 6) is -0.537. The van der Waals surface area contributed by atoms with Crippen molar-refractivity contribution in [3.05, 3.63) is 67.2 Å². The normalized spacial score (nSPS) is 10.8. The maximum absolute atomic E-state index is 12.4. The monoisotopic (exact) mass is 378 g/mol. The fourth-order valence-corrected chi connectivity index (χ4v) is 2.85. The third-order valence-electron chi connectivity index (χ3n) is 3.55. The second-order valence-electron chi connectivity index (χ2n) is 5.28. The van der Waals surface area contributed by atoms with E-state index in [2.05, 4.69) is 10.4 Å². The minimum absolute atomic E-state index is 0.194. The van der Waals surface area contributed by atoms with Crippen LogP contribution in [0.1, 0.15) is 0 Å². The van der Waals surface area contributed by atoms with Gasteiger partial charge in [-0.3, -0.25) is 19.5 Å². The van der Waals surface area contributed by atoms with E-state index in [-0.39, 0.29) is 33.0 Å². The van der Waals surface area contributed by atoms with Crippen molar-refractivity contribution < 1.29 is 4.79 Å². The Bertz CT molecular complexity index is 1080. The molecule has 2 aromatic carbocycles. The van der Waals surface area contributed by atoms with E-state index < -0.39 is 17.0 Å². The van der Waals surface area contributed by atoms with E-state index in [9.17, 15) is 14.4 Å². The third kappa shape index (κ3) is 3.38. The minimum atomic E-state index is -0.537. The molecule has 0 atom stereocenters. The molecule has 0 saturated heterocycles. The molecule has 4 N–H and O–H groups in total. The van der Waals surface area contributed by atoms with Gasteiger partial charge in [-0.1, -0.05) is 35.3 Å². The fourth-order valence-electron chi connectivity index (χ4n) is 2.36. The first kappa shape index (κ1) is 17.1. The molecule has 1 aromatic heterocycles. The molecule has 128 valence electrons. The molecule has 0 aliphatic carbocycles. The third-order valence-corrected chi connectivity index (χ3v) is 4.17. The van der Waals surface area contributed by atoms with Crippen molar-refractivity contribution in [2.24, 2.45) is 0 Å². The molecule has 1 amide bonds. The summed E-state index contributed by atoms with van der Waals surface area (Å²) in [4.78, 5) is 36.6. The predicted molar refractivity (Wildman–Crippen MR) is 98.3 cm³/mol. The lowest BCUT2D eigenvalue weighted by Crippen LogP contribution is -2.34. The summed E-state index contributed by atoms with van der Waals surface area (Å²) in [6.07, 6.45) is 0. The van der Waals surface area contributed by atoms with Gasteiger partial charge in [0.25, 0.3) is 11.1 Å². The number of H-pyrrole nitrogens is 1. The van der Waals surface area contributed by atoms with Gasteiger partial charge in [-0.15, -0.1) is 0 Å². The first-order chi connectivity index (χ1) is 11.9. The van der Waals surface area contributed by atoms with Gasteiger partial charge < -0.3 is 11.1 Å². The van der Waals surface area contributed by atoms with Crippen molar-refractivity contribution in [1.82, 2.24) is 9.78 Å². The van der Waals surface area contributed by atoms with E-state index in [0.717, 1.165) is 4.68 Å². The van der Waals surface area contributed by atoms with E-state index in [1.807, 2.05) is 0 Å². The average Bonchev–Trinajstić information content (AvgIpc) is 2.57. The smallest absolute Gasteiger partial charge is 0.273 e. The maximum atomic E-state index is 12.4. The Morgan fingerprint density at radius 1 is 1.12 bits per heavy atom. The molecular formula is C16H12Cl2N4O3. The molecular weight excluding hydrogens is 367 g/mol. The number of nitrogen functional groups attached to an aromatic ring is 1. The van der Waals surface area contributed by atoms with Gasteiger partial charge >= 0.3 is 0 Å². The number of halogens is 2. The number of aromatic amines is 1. The Balaban J connectivity index is 1.89. The number of anilines is 2. The second-order valence-corrected chi connectivity index (χ2v) is 6.09. The highest BCUT2D eigenvalue weighted by Crippen LogP contribution is 2.31. The zero-order valence-electron chi connectivity index (χ0n) is 12.7. The quantitative estimate of drug-likeness (QED) is 0.606. The molecule has 0 aliphatic heterocycles. The lowest BCUT2D eigenvalue weighted by molar-refractivity contribution is -0.117. The van der Waals surface area contributed by atoms with Crippen LogP contribution in [0.3, 0.4) is 0 Å². The SMILES string of the molecule is Nc1c(Cl)cc(NC(=O)Cn2[nH]c(=O)c3ccccc3c2=O)cc1Cl. The highest BCUT2D eigenvalue weighted by molar-refractivity contribution is 6.39. The largest absolute Gasteiger partial charge is 0.396 e. The van der Waals surface area contributed by atoms with Gasteiger partial charge in [0, 0.05) is 5.69 Å². The van der Waals surface area contributed by atoms with E-state index in [0.29, 0.717) is 5.69 Å².